The Morgan fingerprint density at radius 3 is 2.61 bits per heavy atom. The van der Waals surface area contributed by atoms with Gasteiger partial charge in [0.25, 0.3) is 0 Å². The van der Waals surface area contributed by atoms with Crippen molar-refractivity contribution in [1.82, 2.24) is 4.98 Å². The maximum Gasteiger partial charge on any atom is 0.349 e. The van der Waals surface area contributed by atoms with Crippen LogP contribution >= 0.6 is 11.3 Å². The summed E-state index contributed by atoms with van der Waals surface area (Å²) in [5.74, 6) is -0.640. The highest BCUT2D eigenvalue weighted by Crippen LogP contribution is 2.24. The zero-order valence-corrected chi connectivity index (χ0v) is 14.0. The number of carbonyl (C=O) groups is 2. The first-order valence-electron chi connectivity index (χ1n) is 7.35. The lowest BCUT2D eigenvalue weighted by atomic mass is 10.0. The van der Waals surface area contributed by atoms with Crippen molar-refractivity contribution in [2.45, 2.75) is 26.9 Å². The third kappa shape index (κ3) is 2.80. The van der Waals surface area contributed by atoms with Gasteiger partial charge in [0.2, 0.25) is 5.78 Å². The van der Waals surface area contributed by atoms with Gasteiger partial charge in [0, 0.05) is 22.2 Å². The van der Waals surface area contributed by atoms with Gasteiger partial charge in [-0.15, -0.1) is 11.3 Å². The van der Waals surface area contributed by atoms with Gasteiger partial charge in [-0.2, -0.15) is 0 Å². The van der Waals surface area contributed by atoms with E-state index >= 15 is 0 Å². The number of hydrogen-bond donors (Lipinski definition) is 1. The molecule has 1 atom stereocenters. The van der Waals surface area contributed by atoms with Crippen molar-refractivity contribution in [3.63, 3.8) is 0 Å². The van der Waals surface area contributed by atoms with Gasteiger partial charge in [0.1, 0.15) is 4.88 Å². The minimum absolute atomic E-state index is 0.192. The maximum atomic E-state index is 12.7. The van der Waals surface area contributed by atoms with E-state index in [4.69, 9.17) is 4.74 Å². The molecule has 0 bridgehead atoms. The molecule has 0 aliphatic heterocycles. The number of aromatic nitrogens is 1. The number of H-pyrrole nitrogens is 1. The third-order valence-corrected chi connectivity index (χ3v) is 4.84. The number of aromatic amines is 1. The minimum atomic E-state index is -0.832. The summed E-state index contributed by atoms with van der Waals surface area (Å²) >= 11 is 1.32. The Morgan fingerprint density at radius 2 is 1.91 bits per heavy atom. The summed E-state index contributed by atoms with van der Waals surface area (Å²) in [4.78, 5) is 28.7. The SMILES string of the molecule is Cc1ccsc1C(=O)O[C@@H](C)C(=O)c1c(C)[nH]c2ccccc12. The number of esters is 1. The summed E-state index contributed by atoms with van der Waals surface area (Å²) in [6.07, 6.45) is -0.832. The fourth-order valence-electron chi connectivity index (χ4n) is 2.65. The summed E-state index contributed by atoms with van der Waals surface area (Å²) in [6, 6.07) is 9.47. The van der Waals surface area contributed by atoms with E-state index < -0.39 is 12.1 Å². The van der Waals surface area contributed by atoms with E-state index in [9.17, 15) is 9.59 Å². The molecule has 0 saturated carbocycles. The van der Waals surface area contributed by atoms with Crippen molar-refractivity contribution in [2.24, 2.45) is 0 Å². The van der Waals surface area contributed by atoms with Crippen LogP contribution in [0.2, 0.25) is 0 Å². The second-order valence-corrected chi connectivity index (χ2v) is 6.43. The highest BCUT2D eigenvalue weighted by Gasteiger charge is 2.25. The van der Waals surface area contributed by atoms with Crippen LogP contribution in [0.4, 0.5) is 0 Å². The van der Waals surface area contributed by atoms with Crippen molar-refractivity contribution in [2.75, 3.05) is 0 Å². The number of fused-ring (bicyclic) bond motifs is 1. The van der Waals surface area contributed by atoms with E-state index in [0.717, 1.165) is 22.2 Å². The van der Waals surface area contributed by atoms with Crippen LogP contribution in [0.3, 0.4) is 0 Å². The number of Topliss-reactive ketones (excluding diaryl/α,β-unsaturated/α-hetero) is 1. The number of para-hydroxylation sites is 1. The molecule has 0 aliphatic carbocycles. The minimum Gasteiger partial charge on any atom is -0.450 e. The normalized spacial score (nSPS) is 12.3. The van der Waals surface area contributed by atoms with Crippen LogP contribution in [0.15, 0.2) is 35.7 Å². The van der Waals surface area contributed by atoms with E-state index in [0.29, 0.717) is 10.4 Å². The zero-order valence-electron chi connectivity index (χ0n) is 13.2. The molecule has 0 amide bonds. The molecule has 0 aliphatic rings. The van der Waals surface area contributed by atoms with Crippen molar-refractivity contribution >= 4 is 34.0 Å². The number of rotatable bonds is 4. The summed E-state index contributed by atoms with van der Waals surface area (Å²) in [6.45, 7) is 5.32. The molecule has 3 aromatic rings. The van der Waals surface area contributed by atoms with E-state index in [2.05, 4.69) is 4.98 Å². The van der Waals surface area contributed by atoms with Crippen molar-refractivity contribution in [1.29, 1.82) is 0 Å². The number of aryl methyl sites for hydroxylation is 2. The molecule has 1 N–H and O–H groups in total. The molecule has 0 radical (unpaired) electrons. The van der Waals surface area contributed by atoms with Crippen LogP contribution in [-0.4, -0.2) is 22.8 Å². The molecular weight excluding hydrogens is 310 g/mol. The Morgan fingerprint density at radius 1 is 1.17 bits per heavy atom. The quantitative estimate of drug-likeness (QED) is 0.575. The predicted octanol–water partition coefficient (Wildman–Crippen LogP) is 4.27. The van der Waals surface area contributed by atoms with E-state index in [1.54, 1.807) is 6.92 Å². The topological polar surface area (TPSA) is 59.2 Å². The van der Waals surface area contributed by atoms with Gasteiger partial charge in [-0.25, -0.2) is 4.79 Å². The highest BCUT2D eigenvalue weighted by molar-refractivity contribution is 7.12. The number of hydrogen-bond acceptors (Lipinski definition) is 4. The Bertz CT molecular complexity index is 891. The zero-order chi connectivity index (χ0) is 16.6. The van der Waals surface area contributed by atoms with Crippen molar-refractivity contribution in [3.05, 3.63) is 57.4 Å². The average molecular weight is 327 g/mol. The summed E-state index contributed by atoms with van der Waals surface area (Å²) in [5.41, 5.74) is 3.14. The van der Waals surface area contributed by atoms with Crippen molar-refractivity contribution in [3.8, 4) is 0 Å². The lowest BCUT2D eigenvalue weighted by Gasteiger charge is -2.12. The molecule has 3 rings (SSSR count). The highest BCUT2D eigenvalue weighted by atomic mass is 32.1. The fourth-order valence-corrected chi connectivity index (χ4v) is 3.45. The van der Waals surface area contributed by atoms with Gasteiger partial charge in [0.05, 0.1) is 0 Å². The molecule has 0 fully saturated rings. The lowest BCUT2D eigenvalue weighted by Crippen LogP contribution is -2.24. The Hall–Kier alpha value is -2.40. The molecule has 23 heavy (non-hydrogen) atoms. The largest absolute Gasteiger partial charge is 0.450 e. The predicted molar refractivity (Wildman–Crippen MR) is 91.3 cm³/mol. The van der Waals surface area contributed by atoms with E-state index in [1.165, 1.54) is 11.3 Å². The number of carbonyl (C=O) groups excluding carboxylic acids is 2. The van der Waals surface area contributed by atoms with Crippen molar-refractivity contribution < 1.29 is 14.3 Å². The van der Waals surface area contributed by atoms with Crippen LogP contribution in [0, 0.1) is 13.8 Å². The Labute approximate surface area is 138 Å². The van der Waals surface area contributed by atoms with Crippen LogP contribution in [0.5, 0.6) is 0 Å². The maximum absolute atomic E-state index is 12.7. The number of ether oxygens (including phenoxy) is 1. The van der Waals surface area contributed by atoms with E-state index in [1.807, 2.05) is 49.6 Å². The number of thiophene rings is 1. The second-order valence-electron chi connectivity index (χ2n) is 5.52. The van der Waals surface area contributed by atoms with Gasteiger partial charge in [-0.05, 0) is 43.8 Å². The molecule has 0 saturated heterocycles. The molecule has 2 aromatic heterocycles. The van der Waals surface area contributed by atoms with Crippen LogP contribution < -0.4 is 0 Å². The van der Waals surface area contributed by atoms with Crippen LogP contribution in [-0.2, 0) is 4.74 Å². The molecule has 0 unspecified atom stereocenters. The third-order valence-electron chi connectivity index (χ3n) is 3.84. The molecule has 1 aromatic carbocycles. The Balaban J connectivity index is 1.86. The number of benzene rings is 1. The molecule has 5 heteroatoms. The molecular formula is C18H17NO3S. The Kier molecular flexibility index (Phi) is 4.05. The first-order chi connectivity index (χ1) is 11.0. The van der Waals surface area contributed by atoms with Crippen LogP contribution in [0.25, 0.3) is 10.9 Å². The van der Waals surface area contributed by atoms with Gasteiger partial charge in [-0.1, -0.05) is 18.2 Å². The monoisotopic (exact) mass is 327 g/mol. The molecule has 0 spiro atoms. The average Bonchev–Trinajstić information content (AvgIpc) is 3.08. The number of nitrogens with one attached hydrogen (secondary N) is 1. The fraction of sp³-hybridized carbons (Fsp3) is 0.222. The molecule has 4 nitrogen and oxygen atoms in total. The van der Waals surface area contributed by atoms with E-state index in [-0.39, 0.29) is 5.78 Å². The summed E-state index contributed by atoms with van der Waals surface area (Å²) in [7, 11) is 0. The smallest absolute Gasteiger partial charge is 0.349 e. The van der Waals surface area contributed by atoms with Gasteiger partial charge >= 0.3 is 5.97 Å². The number of ketones is 1. The van der Waals surface area contributed by atoms with Gasteiger partial charge in [0.15, 0.2) is 6.10 Å². The lowest BCUT2D eigenvalue weighted by molar-refractivity contribution is 0.0323. The second kappa shape index (κ2) is 6.01. The van der Waals surface area contributed by atoms with Gasteiger partial charge < -0.3 is 9.72 Å². The first-order valence-corrected chi connectivity index (χ1v) is 8.23. The van der Waals surface area contributed by atoms with Crippen LogP contribution in [0.1, 0.15) is 38.2 Å². The molecule has 2 heterocycles. The molecule has 118 valence electrons. The van der Waals surface area contributed by atoms with Gasteiger partial charge in [-0.3, -0.25) is 4.79 Å². The first kappa shape index (κ1) is 15.5. The standard InChI is InChI=1S/C18H17NO3S/c1-10-8-9-23-17(10)18(21)22-12(3)16(20)15-11(2)19-14-7-5-4-6-13(14)15/h4-9,12,19H,1-3H3/t12-/m0/s1. The summed E-state index contributed by atoms with van der Waals surface area (Å²) in [5, 5.41) is 2.69. The summed E-state index contributed by atoms with van der Waals surface area (Å²) < 4.78 is 5.37.